The van der Waals surface area contributed by atoms with Crippen LogP contribution in [0.4, 0.5) is 32.0 Å². The highest BCUT2D eigenvalue weighted by Crippen LogP contribution is 2.36. The fourth-order valence-corrected chi connectivity index (χ4v) is 2.02. The number of alkyl halides is 4. The highest BCUT2D eigenvalue weighted by Gasteiger charge is 2.33. The van der Waals surface area contributed by atoms with Gasteiger partial charge < -0.3 is 15.2 Å². The van der Waals surface area contributed by atoms with Gasteiger partial charge in [0.25, 0.3) is 0 Å². The van der Waals surface area contributed by atoms with Crippen molar-refractivity contribution in [2.24, 2.45) is 0 Å². The lowest BCUT2D eigenvalue weighted by Crippen LogP contribution is -2.20. The lowest BCUT2D eigenvalue weighted by atomic mass is 10.2. The van der Waals surface area contributed by atoms with E-state index in [-0.39, 0.29) is 30.2 Å². The molecule has 0 heterocycles. The molecule has 3 nitrogen and oxygen atoms in total. The number of halogens is 7. The Labute approximate surface area is 149 Å². The van der Waals surface area contributed by atoms with Crippen molar-refractivity contribution < 1.29 is 36.2 Å². The maximum absolute atomic E-state index is 14.0. The van der Waals surface area contributed by atoms with Crippen LogP contribution in [0.15, 0.2) is 30.3 Å². The predicted octanol–water partition coefficient (Wildman–Crippen LogP) is 4.93. The number of hydrogen-bond donors (Lipinski definition) is 2. The summed E-state index contributed by atoms with van der Waals surface area (Å²) in [5, 5.41) is 12.0. The van der Waals surface area contributed by atoms with E-state index in [9.17, 15) is 31.4 Å². The van der Waals surface area contributed by atoms with Gasteiger partial charge in [-0.2, -0.15) is 13.2 Å². The predicted molar refractivity (Wildman–Crippen MR) is 83.1 cm³/mol. The quantitative estimate of drug-likeness (QED) is 0.535. The van der Waals surface area contributed by atoms with Gasteiger partial charge in [0.15, 0.2) is 29.0 Å². The van der Waals surface area contributed by atoms with E-state index in [0.717, 1.165) is 12.1 Å². The molecule has 0 aliphatic rings. The summed E-state index contributed by atoms with van der Waals surface area (Å²) in [7, 11) is 0. The molecule has 0 aromatic heterocycles. The topological polar surface area (TPSA) is 41.5 Å². The molecule has 1 atom stereocenters. The van der Waals surface area contributed by atoms with E-state index in [1.165, 1.54) is 6.07 Å². The molecule has 2 aromatic rings. The minimum atomic E-state index is -4.94. The van der Waals surface area contributed by atoms with Crippen molar-refractivity contribution in [1.82, 2.24) is 0 Å². The van der Waals surface area contributed by atoms with Gasteiger partial charge in [-0.25, -0.2) is 13.2 Å². The maximum Gasteiger partial charge on any atom is 0.416 e. The minimum Gasteiger partial charge on any atom is -0.448 e. The molecular formula is C16H12ClF6NO2. The summed E-state index contributed by atoms with van der Waals surface area (Å²) in [6, 6.07) is 3.36. The average Bonchev–Trinajstić information content (AvgIpc) is 2.56. The Morgan fingerprint density at radius 2 is 1.65 bits per heavy atom. The first kappa shape index (κ1) is 20.2. The Morgan fingerprint density at radius 1 is 1.04 bits per heavy atom. The number of hydrogen-bond acceptors (Lipinski definition) is 3. The standard InChI is InChI=1S/C16H12ClF6NO2/c17-6-10(25)7-24-9-1-2-14(11(18)5-9)26-15-12(19)3-8(4-13(15)20)16(21,22)23/h1-5,10,24-25H,6-7H2. The van der Waals surface area contributed by atoms with Gasteiger partial charge in [-0.05, 0) is 24.3 Å². The van der Waals surface area contributed by atoms with E-state index in [0.29, 0.717) is 0 Å². The first-order valence-corrected chi connectivity index (χ1v) is 7.66. The third kappa shape index (κ3) is 4.95. The van der Waals surface area contributed by atoms with E-state index in [1.54, 1.807) is 0 Å². The minimum absolute atomic E-state index is 0.0330. The molecular weight excluding hydrogens is 388 g/mol. The Morgan fingerprint density at radius 3 is 2.15 bits per heavy atom. The molecule has 2 N–H and O–H groups in total. The molecule has 0 aliphatic carbocycles. The second kappa shape index (κ2) is 8.05. The summed E-state index contributed by atoms with van der Waals surface area (Å²) in [5.74, 6) is -6.05. The van der Waals surface area contributed by atoms with Crippen molar-refractivity contribution >= 4 is 17.3 Å². The molecule has 0 saturated heterocycles. The van der Waals surface area contributed by atoms with Crippen molar-refractivity contribution in [3.05, 3.63) is 53.3 Å². The smallest absolute Gasteiger partial charge is 0.416 e. The van der Waals surface area contributed by atoms with Gasteiger partial charge in [0.1, 0.15) is 0 Å². The second-order valence-corrected chi connectivity index (χ2v) is 5.51. The molecule has 1 unspecified atom stereocenters. The second-order valence-electron chi connectivity index (χ2n) is 5.20. The van der Waals surface area contributed by atoms with Gasteiger partial charge in [0.2, 0.25) is 0 Å². The maximum atomic E-state index is 14.0. The highest BCUT2D eigenvalue weighted by atomic mass is 35.5. The number of rotatable bonds is 6. The molecule has 10 heteroatoms. The molecule has 0 spiro atoms. The van der Waals surface area contributed by atoms with Crippen LogP contribution in [0.1, 0.15) is 5.56 Å². The van der Waals surface area contributed by atoms with Crippen LogP contribution < -0.4 is 10.1 Å². The van der Waals surface area contributed by atoms with E-state index in [2.05, 4.69) is 5.32 Å². The molecule has 2 rings (SSSR count). The summed E-state index contributed by atoms with van der Waals surface area (Å²) < 4.78 is 83.7. The Balaban J connectivity index is 2.21. The van der Waals surface area contributed by atoms with Gasteiger partial charge >= 0.3 is 6.18 Å². The van der Waals surface area contributed by atoms with E-state index in [1.807, 2.05) is 0 Å². The van der Waals surface area contributed by atoms with Crippen LogP contribution in [0, 0.1) is 17.5 Å². The zero-order chi connectivity index (χ0) is 19.5. The third-order valence-electron chi connectivity index (χ3n) is 3.19. The van der Waals surface area contributed by atoms with E-state index >= 15 is 0 Å². The molecule has 0 aliphatic heterocycles. The van der Waals surface area contributed by atoms with Crippen LogP contribution >= 0.6 is 11.6 Å². The van der Waals surface area contributed by atoms with Crippen LogP contribution in [0.3, 0.4) is 0 Å². The number of anilines is 1. The van der Waals surface area contributed by atoms with Crippen LogP contribution in [-0.2, 0) is 6.18 Å². The molecule has 0 amide bonds. The normalized spacial score (nSPS) is 12.8. The van der Waals surface area contributed by atoms with Crippen LogP contribution in [0.25, 0.3) is 0 Å². The van der Waals surface area contributed by atoms with Crippen LogP contribution in [0.5, 0.6) is 11.5 Å². The fourth-order valence-electron chi connectivity index (χ4n) is 1.91. The van der Waals surface area contributed by atoms with Gasteiger partial charge in [-0.3, -0.25) is 0 Å². The largest absolute Gasteiger partial charge is 0.448 e. The summed E-state index contributed by atoms with van der Waals surface area (Å²) in [5.41, 5.74) is -1.30. The summed E-state index contributed by atoms with van der Waals surface area (Å²) in [6.07, 6.45) is -5.81. The molecule has 0 radical (unpaired) electrons. The molecule has 0 fully saturated rings. The number of aliphatic hydroxyl groups excluding tert-OH is 1. The van der Waals surface area contributed by atoms with Gasteiger partial charge in [0.05, 0.1) is 17.5 Å². The Kier molecular flexibility index (Phi) is 6.25. The molecule has 2 aromatic carbocycles. The summed E-state index contributed by atoms with van der Waals surface area (Å²) >= 11 is 5.41. The monoisotopic (exact) mass is 399 g/mol. The summed E-state index contributed by atoms with van der Waals surface area (Å²) in [4.78, 5) is 0. The van der Waals surface area contributed by atoms with Crippen LogP contribution in [0.2, 0.25) is 0 Å². The average molecular weight is 400 g/mol. The van der Waals surface area contributed by atoms with Crippen molar-refractivity contribution in [1.29, 1.82) is 0 Å². The van der Waals surface area contributed by atoms with Gasteiger partial charge in [-0.15, -0.1) is 11.6 Å². The van der Waals surface area contributed by atoms with Gasteiger partial charge in [-0.1, -0.05) is 0 Å². The fraction of sp³-hybridized carbons (Fsp3) is 0.250. The molecule has 142 valence electrons. The third-order valence-corrected chi connectivity index (χ3v) is 3.55. The zero-order valence-corrected chi connectivity index (χ0v) is 13.6. The number of aliphatic hydroxyl groups is 1. The van der Waals surface area contributed by atoms with Crippen molar-refractivity contribution in [2.75, 3.05) is 17.7 Å². The first-order valence-electron chi connectivity index (χ1n) is 7.13. The first-order chi connectivity index (χ1) is 12.1. The number of nitrogens with one attached hydrogen (secondary N) is 1. The van der Waals surface area contributed by atoms with Gasteiger partial charge in [0, 0.05) is 18.3 Å². The summed E-state index contributed by atoms with van der Waals surface area (Å²) in [6.45, 7) is 0.0330. The zero-order valence-electron chi connectivity index (χ0n) is 12.9. The van der Waals surface area contributed by atoms with Crippen molar-refractivity contribution in [3.63, 3.8) is 0 Å². The number of ether oxygens (including phenoxy) is 1. The van der Waals surface area contributed by atoms with E-state index < -0.39 is 46.8 Å². The van der Waals surface area contributed by atoms with E-state index in [4.69, 9.17) is 16.3 Å². The van der Waals surface area contributed by atoms with Crippen molar-refractivity contribution in [3.8, 4) is 11.5 Å². The Bertz CT molecular complexity index is 761. The number of benzene rings is 2. The van der Waals surface area contributed by atoms with Crippen LogP contribution in [-0.4, -0.2) is 23.6 Å². The molecule has 0 saturated carbocycles. The lowest BCUT2D eigenvalue weighted by molar-refractivity contribution is -0.138. The SMILES string of the molecule is OC(CCl)CNc1ccc(Oc2c(F)cc(C(F)(F)F)cc2F)c(F)c1. The Hall–Kier alpha value is -2.13. The molecule has 0 bridgehead atoms. The molecule has 26 heavy (non-hydrogen) atoms. The lowest BCUT2D eigenvalue weighted by Gasteiger charge is -2.13. The highest BCUT2D eigenvalue weighted by molar-refractivity contribution is 6.18. The van der Waals surface area contributed by atoms with Crippen molar-refractivity contribution in [2.45, 2.75) is 12.3 Å².